The molecule has 2 N–H and O–H groups in total. The number of nitrogens with zero attached hydrogens (tertiary/aromatic N) is 3. The molecule has 0 amide bonds. The molecule has 0 aliphatic carbocycles. The first-order valence-electron chi connectivity index (χ1n) is 5.71. The summed E-state index contributed by atoms with van der Waals surface area (Å²) in [6.07, 6.45) is 4.00. The molecule has 0 aliphatic heterocycles. The van der Waals surface area contributed by atoms with Gasteiger partial charge < -0.3 is 10.4 Å². The molecular weight excluding hydrogens is 288 g/mol. The lowest BCUT2D eigenvalue weighted by molar-refractivity contribution is 0.266. The van der Waals surface area contributed by atoms with Crippen molar-refractivity contribution in [3.63, 3.8) is 0 Å². The van der Waals surface area contributed by atoms with E-state index in [2.05, 4.69) is 15.4 Å². The van der Waals surface area contributed by atoms with Gasteiger partial charge in [0, 0.05) is 24.5 Å². The van der Waals surface area contributed by atoms with Crippen molar-refractivity contribution < 1.29 is 5.11 Å². The van der Waals surface area contributed by atoms with E-state index in [1.165, 1.54) is 6.20 Å². The Labute approximate surface area is 118 Å². The highest BCUT2D eigenvalue weighted by molar-refractivity contribution is 7.09. The Morgan fingerprint density at radius 2 is 2.37 bits per heavy atom. The van der Waals surface area contributed by atoms with Gasteiger partial charge in [0.05, 0.1) is 30.0 Å². The molecule has 0 unspecified atom stereocenters. The standard InChI is InChI=1S/C11H13ClN4O2S/c12-10-8(7-15-16(4-5-17)11(10)18)13-2-1-9-14-3-6-19-9/h3,6-7,13,17H,1-2,4-5H2. The zero-order valence-electron chi connectivity index (χ0n) is 10.0. The summed E-state index contributed by atoms with van der Waals surface area (Å²) in [4.78, 5) is 15.9. The summed E-state index contributed by atoms with van der Waals surface area (Å²) in [6.45, 7) is 0.608. The minimum atomic E-state index is -0.407. The smallest absolute Gasteiger partial charge is 0.287 e. The van der Waals surface area contributed by atoms with Crippen molar-refractivity contribution in [1.82, 2.24) is 14.8 Å². The molecular formula is C11H13ClN4O2S. The van der Waals surface area contributed by atoms with Crippen LogP contribution in [0.4, 0.5) is 5.69 Å². The van der Waals surface area contributed by atoms with Gasteiger partial charge in [-0.3, -0.25) is 4.79 Å². The number of nitrogens with one attached hydrogen (secondary N) is 1. The predicted octanol–water partition coefficient (Wildman–Crippen LogP) is 1.00. The maximum absolute atomic E-state index is 11.8. The molecule has 0 spiro atoms. The van der Waals surface area contributed by atoms with Crippen molar-refractivity contribution in [2.24, 2.45) is 0 Å². The Balaban J connectivity index is 2.01. The van der Waals surface area contributed by atoms with E-state index < -0.39 is 5.56 Å². The van der Waals surface area contributed by atoms with Gasteiger partial charge in [0.1, 0.15) is 5.02 Å². The Bertz CT molecular complexity index is 585. The first-order chi connectivity index (χ1) is 9.22. The highest BCUT2D eigenvalue weighted by Crippen LogP contribution is 2.15. The Morgan fingerprint density at radius 1 is 1.53 bits per heavy atom. The lowest BCUT2D eigenvalue weighted by Gasteiger charge is -2.08. The molecule has 2 aromatic heterocycles. The highest BCUT2D eigenvalue weighted by atomic mass is 35.5. The van der Waals surface area contributed by atoms with Crippen LogP contribution in [0.5, 0.6) is 0 Å². The minimum Gasteiger partial charge on any atom is -0.394 e. The predicted molar refractivity (Wildman–Crippen MR) is 74.9 cm³/mol. The molecule has 0 aliphatic rings. The molecule has 102 valence electrons. The molecule has 6 nitrogen and oxygen atoms in total. The highest BCUT2D eigenvalue weighted by Gasteiger charge is 2.08. The van der Waals surface area contributed by atoms with Crippen LogP contribution < -0.4 is 10.9 Å². The van der Waals surface area contributed by atoms with Crippen molar-refractivity contribution in [3.05, 3.63) is 38.2 Å². The minimum absolute atomic E-state index is 0.0857. The number of anilines is 1. The van der Waals surface area contributed by atoms with Gasteiger partial charge in [-0.05, 0) is 0 Å². The molecule has 8 heteroatoms. The monoisotopic (exact) mass is 300 g/mol. The fourth-order valence-electron chi connectivity index (χ4n) is 1.52. The number of aromatic nitrogens is 3. The van der Waals surface area contributed by atoms with E-state index in [-0.39, 0.29) is 18.2 Å². The fourth-order valence-corrected chi connectivity index (χ4v) is 2.36. The van der Waals surface area contributed by atoms with E-state index in [1.807, 2.05) is 5.38 Å². The Kier molecular flexibility index (Phi) is 4.89. The van der Waals surface area contributed by atoms with Crippen LogP contribution in [0.1, 0.15) is 5.01 Å². The van der Waals surface area contributed by atoms with Crippen LogP contribution in [-0.2, 0) is 13.0 Å². The van der Waals surface area contributed by atoms with Crippen molar-refractivity contribution in [2.75, 3.05) is 18.5 Å². The number of halogens is 1. The van der Waals surface area contributed by atoms with Crippen LogP contribution in [0.15, 0.2) is 22.6 Å². The van der Waals surface area contributed by atoms with Crippen LogP contribution in [0.2, 0.25) is 5.02 Å². The molecule has 0 saturated carbocycles. The molecule has 0 bridgehead atoms. The van der Waals surface area contributed by atoms with Gasteiger partial charge in [-0.2, -0.15) is 5.10 Å². The second-order valence-electron chi connectivity index (χ2n) is 3.73. The summed E-state index contributed by atoms with van der Waals surface area (Å²) in [5, 5.41) is 18.8. The van der Waals surface area contributed by atoms with Crippen molar-refractivity contribution in [2.45, 2.75) is 13.0 Å². The topological polar surface area (TPSA) is 80.0 Å². The van der Waals surface area contributed by atoms with Crippen LogP contribution in [0.3, 0.4) is 0 Å². The zero-order valence-corrected chi connectivity index (χ0v) is 11.6. The molecule has 0 fully saturated rings. The first kappa shape index (κ1) is 14.0. The largest absolute Gasteiger partial charge is 0.394 e. The number of hydrogen-bond donors (Lipinski definition) is 2. The summed E-state index contributed by atoms with van der Waals surface area (Å²) in [6, 6.07) is 0. The van der Waals surface area contributed by atoms with Gasteiger partial charge >= 0.3 is 0 Å². The van der Waals surface area contributed by atoms with E-state index in [0.717, 1.165) is 16.1 Å². The average Bonchev–Trinajstić information content (AvgIpc) is 2.91. The summed E-state index contributed by atoms with van der Waals surface area (Å²) >= 11 is 7.55. The van der Waals surface area contributed by atoms with Gasteiger partial charge in [-0.25, -0.2) is 9.67 Å². The summed E-state index contributed by atoms with van der Waals surface area (Å²) in [5.74, 6) is 0. The van der Waals surface area contributed by atoms with E-state index in [9.17, 15) is 4.79 Å². The van der Waals surface area contributed by atoms with E-state index in [1.54, 1.807) is 17.5 Å². The third-order valence-electron chi connectivity index (χ3n) is 2.43. The molecule has 0 aromatic carbocycles. The second kappa shape index (κ2) is 6.65. The molecule has 2 aromatic rings. The van der Waals surface area contributed by atoms with Crippen LogP contribution in [-0.4, -0.2) is 33.0 Å². The number of rotatable bonds is 6. The maximum atomic E-state index is 11.8. The molecule has 0 saturated heterocycles. The second-order valence-corrected chi connectivity index (χ2v) is 5.08. The van der Waals surface area contributed by atoms with Crippen molar-refractivity contribution >= 4 is 28.6 Å². The third-order valence-corrected chi connectivity index (χ3v) is 3.64. The molecule has 2 rings (SSSR count). The van der Waals surface area contributed by atoms with Gasteiger partial charge in [0.25, 0.3) is 5.56 Å². The van der Waals surface area contributed by atoms with Gasteiger partial charge in [-0.15, -0.1) is 11.3 Å². The number of thiazole rings is 1. The van der Waals surface area contributed by atoms with Gasteiger partial charge in [0.2, 0.25) is 0 Å². The lowest BCUT2D eigenvalue weighted by atomic mass is 10.4. The SMILES string of the molecule is O=c1c(Cl)c(NCCc2nccs2)cnn1CCO. The lowest BCUT2D eigenvalue weighted by Crippen LogP contribution is -2.25. The molecule has 19 heavy (non-hydrogen) atoms. The maximum Gasteiger partial charge on any atom is 0.287 e. The zero-order chi connectivity index (χ0) is 13.7. The third kappa shape index (κ3) is 3.52. The summed E-state index contributed by atoms with van der Waals surface area (Å²) < 4.78 is 1.13. The fraction of sp³-hybridized carbons (Fsp3) is 0.364. The van der Waals surface area contributed by atoms with Gasteiger partial charge in [-0.1, -0.05) is 11.6 Å². The first-order valence-corrected chi connectivity index (χ1v) is 6.97. The van der Waals surface area contributed by atoms with Crippen LogP contribution in [0.25, 0.3) is 0 Å². The number of aliphatic hydroxyl groups is 1. The van der Waals surface area contributed by atoms with Crippen molar-refractivity contribution in [3.8, 4) is 0 Å². The van der Waals surface area contributed by atoms with E-state index in [4.69, 9.17) is 16.7 Å². The van der Waals surface area contributed by atoms with Gasteiger partial charge in [0.15, 0.2) is 0 Å². The normalized spacial score (nSPS) is 10.6. The summed E-state index contributed by atoms with van der Waals surface area (Å²) in [5.41, 5.74) is 0.0902. The number of hydrogen-bond acceptors (Lipinski definition) is 6. The van der Waals surface area contributed by atoms with E-state index in [0.29, 0.717) is 12.2 Å². The van der Waals surface area contributed by atoms with Crippen molar-refractivity contribution in [1.29, 1.82) is 0 Å². The van der Waals surface area contributed by atoms with Crippen LogP contribution >= 0.6 is 22.9 Å². The summed E-state index contributed by atoms with van der Waals surface area (Å²) in [7, 11) is 0. The molecule has 0 radical (unpaired) electrons. The van der Waals surface area contributed by atoms with Crippen LogP contribution in [0, 0.1) is 0 Å². The average molecular weight is 301 g/mol. The molecule has 2 heterocycles. The molecule has 0 atom stereocenters. The Morgan fingerprint density at radius 3 is 3.05 bits per heavy atom. The number of aliphatic hydroxyl groups excluding tert-OH is 1. The van der Waals surface area contributed by atoms with E-state index >= 15 is 0 Å². The Hall–Kier alpha value is -1.44. The quantitative estimate of drug-likeness (QED) is 0.832.